The average Bonchev–Trinajstić information content (AvgIpc) is 2.96. The van der Waals surface area contributed by atoms with Gasteiger partial charge in [0, 0.05) is 24.3 Å². The summed E-state index contributed by atoms with van der Waals surface area (Å²) in [5.41, 5.74) is 2.05. The van der Waals surface area contributed by atoms with Crippen molar-refractivity contribution in [3.05, 3.63) is 29.8 Å². The van der Waals surface area contributed by atoms with E-state index in [9.17, 15) is 4.79 Å². The highest BCUT2D eigenvalue weighted by molar-refractivity contribution is 5.89. The van der Waals surface area contributed by atoms with Crippen LogP contribution in [0.3, 0.4) is 0 Å². The largest absolute Gasteiger partial charge is 0.322 e. The van der Waals surface area contributed by atoms with Crippen molar-refractivity contribution in [3.8, 4) is 0 Å². The molecule has 1 saturated heterocycles. The first-order valence-electron chi connectivity index (χ1n) is 7.87. The molecule has 21 heavy (non-hydrogen) atoms. The maximum atomic E-state index is 12.5. The molecule has 1 heterocycles. The number of nitrogens with zero attached hydrogens (tertiary/aromatic N) is 1. The lowest BCUT2D eigenvalue weighted by Gasteiger charge is -2.28. The van der Waals surface area contributed by atoms with Crippen LogP contribution in [0, 0.1) is 5.92 Å². The molecule has 2 unspecified atom stereocenters. The number of amides is 2. The molecule has 4 nitrogen and oxygen atoms in total. The second-order valence-corrected chi connectivity index (χ2v) is 6.21. The van der Waals surface area contributed by atoms with E-state index in [4.69, 9.17) is 0 Å². The summed E-state index contributed by atoms with van der Waals surface area (Å²) < 4.78 is 0. The second kappa shape index (κ2) is 6.94. The van der Waals surface area contributed by atoms with Gasteiger partial charge in [-0.15, -0.1) is 0 Å². The lowest BCUT2D eigenvalue weighted by atomic mass is 10.0. The zero-order valence-electron chi connectivity index (χ0n) is 13.5. The summed E-state index contributed by atoms with van der Waals surface area (Å²) >= 11 is 0. The Morgan fingerprint density at radius 2 is 2.10 bits per heavy atom. The van der Waals surface area contributed by atoms with Gasteiger partial charge in [0.05, 0.1) is 0 Å². The van der Waals surface area contributed by atoms with Gasteiger partial charge in [0.1, 0.15) is 0 Å². The molecular weight excluding hydrogens is 262 g/mol. The molecule has 2 atom stereocenters. The van der Waals surface area contributed by atoms with Gasteiger partial charge in [0.25, 0.3) is 0 Å². The van der Waals surface area contributed by atoms with Crippen LogP contribution in [-0.2, 0) is 0 Å². The minimum Gasteiger partial charge on any atom is -0.321 e. The molecule has 1 aliphatic heterocycles. The van der Waals surface area contributed by atoms with E-state index < -0.39 is 0 Å². The molecule has 2 amide bonds. The van der Waals surface area contributed by atoms with Gasteiger partial charge in [-0.2, -0.15) is 0 Å². The number of anilines is 1. The molecule has 0 spiro atoms. The first-order chi connectivity index (χ1) is 10.0. The standard InChI is InChI=1S/C17H27N3O/c1-12(2)16-9-6-10-20(16)17(21)19-15-8-5-7-14(11-15)13(3)18-4/h5,7-8,11-13,16,18H,6,9-10H2,1-4H3,(H,19,21). The van der Waals surface area contributed by atoms with Crippen molar-refractivity contribution in [2.75, 3.05) is 18.9 Å². The fraction of sp³-hybridized carbons (Fsp3) is 0.588. The molecule has 0 radical (unpaired) electrons. The average molecular weight is 289 g/mol. The Balaban J connectivity index is 2.06. The molecule has 0 aliphatic carbocycles. The molecule has 1 aliphatic rings. The highest BCUT2D eigenvalue weighted by Gasteiger charge is 2.30. The molecular formula is C17H27N3O. The lowest BCUT2D eigenvalue weighted by molar-refractivity contribution is 0.192. The molecule has 1 aromatic rings. The van der Waals surface area contributed by atoms with Crippen molar-refractivity contribution in [3.63, 3.8) is 0 Å². The van der Waals surface area contributed by atoms with Crippen LogP contribution in [0.2, 0.25) is 0 Å². The highest BCUT2D eigenvalue weighted by atomic mass is 16.2. The van der Waals surface area contributed by atoms with Gasteiger partial charge in [-0.25, -0.2) is 4.79 Å². The predicted octanol–water partition coefficient (Wildman–Crippen LogP) is 3.62. The predicted molar refractivity (Wildman–Crippen MR) is 87.5 cm³/mol. The van der Waals surface area contributed by atoms with Gasteiger partial charge >= 0.3 is 6.03 Å². The van der Waals surface area contributed by atoms with Crippen LogP contribution in [0.25, 0.3) is 0 Å². The Morgan fingerprint density at radius 3 is 2.76 bits per heavy atom. The first-order valence-corrected chi connectivity index (χ1v) is 7.87. The Kier molecular flexibility index (Phi) is 5.23. The number of nitrogens with one attached hydrogen (secondary N) is 2. The minimum absolute atomic E-state index is 0.0282. The third kappa shape index (κ3) is 3.76. The van der Waals surface area contributed by atoms with Crippen molar-refractivity contribution in [2.24, 2.45) is 5.92 Å². The number of carbonyl (C=O) groups is 1. The van der Waals surface area contributed by atoms with Crippen LogP contribution in [0.1, 0.15) is 45.2 Å². The molecule has 2 rings (SSSR count). The van der Waals surface area contributed by atoms with Gasteiger partial charge in [0.2, 0.25) is 0 Å². The first kappa shape index (κ1) is 15.8. The molecule has 2 N–H and O–H groups in total. The van der Waals surface area contributed by atoms with E-state index in [0.717, 1.165) is 25.1 Å². The summed E-state index contributed by atoms with van der Waals surface area (Å²) in [7, 11) is 1.94. The van der Waals surface area contributed by atoms with Gasteiger partial charge in [-0.3, -0.25) is 0 Å². The lowest BCUT2D eigenvalue weighted by Crippen LogP contribution is -2.41. The van der Waals surface area contributed by atoms with Crippen molar-refractivity contribution in [1.82, 2.24) is 10.2 Å². The molecule has 1 fully saturated rings. The number of benzene rings is 1. The minimum atomic E-state index is 0.0282. The number of hydrogen-bond acceptors (Lipinski definition) is 2. The Bertz CT molecular complexity index is 487. The second-order valence-electron chi connectivity index (χ2n) is 6.21. The van der Waals surface area contributed by atoms with Gasteiger partial charge < -0.3 is 15.5 Å². The van der Waals surface area contributed by atoms with E-state index in [1.54, 1.807) is 0 Å². The Labute approximate surface area is 127 Å². The van der Waals surface area contributed by atoms with E-state index in [2.05, 4.69) is 37.5 Å². The molecule has 0 aromatic heterocycles. The van der Waals surface area contributed by atoms with E-state index in [-0.39, 0.29) is 12.1 Å². The van der Waals surface area contributed by atoms with Crippen molar-refractivity contribution in [1.29, 1.82) is 0 Å². The quantitative estimate of drug-likeness (QED) is 0.889. The SMILES string of the molecule is CNC(C)c1cccc(NC(=O)N2CCCC2C(C)C)c1. The molecule has 0 saturated carbocycles. The van der Waals surface area contributed by atoms with Crippen LogP contribution in [0.4, 0.5) is 10.5 Å². The fourth-order valence-corrected chi connectivity index (χ4v) is 2.99. The Hall–Kier alpha value is -1.55. The van der Waals surface area contributed by atoms with Crippen molar-refractivity contribution in [2.45, 2.75) is 45.7 Å². The molecule has 116 valence electrons. The van der Waals surface area contributed by atoms with Gasteiger partial charge in [0.15, 0.2) is 0 Å². The summed E-state index contributed by atoms with van der Waals surface area (Å²) in [5, 5.41) is 6.26. The summed E-state index contributed by atoms with van der Waals surface area (Å²) in [5.74, 6) is 0.508. The summed E-state index contributed by atoms with van der Waals surface area (Å²) in [6.07, 6.45) is 2.22. The van der Waals surface area contributed by atoms with Crippen LogP contribution in [0.15, 0.2) is 24.3 Å². The normalized spacial score (nSPS) is 19.9. The Morgan fingerprint density at radius 1 is 1.33 bits per heavy atom. The van der Waals surface area contributed by atoms with Crippen molar-refractivity contribution < 1.29 is 4.79 Å². The zero-order valence-corrected chi connectivity index (χ0v) is 13.5. The molecule has 0 bridgehead atoms. The summed E-state index contributed by atoms with van der Waals surface area (Å²) in [6, 6.07) is 8.72. The summed E-state index contributed by atoms with van der Waals surface area (Å²) in [6.45, 7) is 7.34. The van der Waals surface area contributed by atoms with Gasteiger partial charge in [-0.05, 0) is 50.4 Å². The topological polar surface area (TPSA) is 44.4 Å². The fourth-order valence-electron chi connectivity index (χ4n) is 2.99. The van der Waals surface area contributed by atoms with Crippen LogP contribution < -0.4 is 10.6 Å². The third-order valence-electron chi connectivity index (χ3n) is 4.40. The van der Waals surface area contributed by atoms with Crippen LogP contribution >= 0.6 is 0 Å². The smallest absolute Gasteiger partial charge is 0.321 e. The van der Waals surface area contributed by atoms with E-state index in [1.807, 2.05) is 30.1 Å². The number of rotatable bonds is 4. The maximum Gasteiger partial charge on any atom is 0.322 e. The third-order valence-corrected chi connectivity index (χ3v) is 4.40. The maximum absolute atomic E-state index is 12.5. The van der Waals surface area contributed by atoms with Crippen molar-refractivity contribution >= 4 is 11.7 Å². The number of carbonyl (C=O) groups excluding carboxylic acids is 1. The van der Waals surface area contributed by atoms with Crippen LogP contribution in [0.5, 0.6) is 0 Å². The zero-order chi connectivity index (χ0) is 15.4. The molecule has 1 aromatic carbocycles. The van der Waals surface area contributed by atoms with E-state index in [1.165, 1.54) is 5.56 Å². The highest BCUT2D eigenvalue weighted by Crippen LogP contribution is 2.25. The number of urea groups is 1. The summed E-state index contributed by atoms with van der Waals surface area (Å²) in [4.78, 5) is 14.5. The van der Waals surface area contributed by atoms with Gasteiger partial charge in [-0.1, -0.05) is 26.0 Å². The molecule has 4 heteroatoms. The van der Waals surface area contributed by atoms with E-state index >= 15 is 0 Å². The monoisotopic (exact) mass is 289 g/mol. The van der Waals surface area contributed by atoms with E-state index in [0.29, 0.717) is 12.0 Å². The number of hydrogen-bond donors (Lipinski definition) is 2. The van der Waals surface area contributed by atoms with Crippen LogP contribution in [-0.4, -0.2) is 30.6 Å². The number of likely N-dealkylation sites (tertiary alicyclic amines) is 1.